The van der Waals surface area contributed by atoms with Crippen LogP contribution in [0.15, 0.2) is 23.7 Å². The van der Waals surface area contributed by atoms with Crippen molar-refractivity contribution in [2.75, 3.05) is 6.54 Å². The van der Waals surface area contributed by atoms with Crippen molar-refractivity contribution in [1.82, 2.24) is 19.5 Å². The molecule has 0 aliphatic heterocycles. The van der Waals surface area contributed by atoms with Crippen LogP contribution in [-0.2, 0) is 13.0 Å². The summed E-state index contributed by atoms with van der Waals surface area (Å²) in [6.07, 6.45) is 3.66. The average Bonchev–Trinajstić information content (AvgIpc) is 3.05. The number of nitrogens with zero attached hydrogens (tertiary/aromatic N) is 4. The molecule has 0 aliphatic carbocycles. The molecule has 6 heteroatoms. The number of hydrogen-bond donors (Lipinski definition) is 1. The number of rotatable bonds is 5. The molecule has 0 atom stereocenters. The largest absolute Gasteiger partial charge is 0.330 e. The van der Waals surface area contributed by atoms with E-state index in [0.717, 1.165) is 47.1 Å². The maximum Gasteiger partial charge on any atom is 0.161 e. The van der Waals surface area contributed by atoms with Crippen molar-refractivity contribution in [3.63, 3.8) is 0 Å². The molecule has 0 saturated heterocycles. The van der Waals surface area contributed by atoms with E-state index < -0.39 is 0 Å². The SMILES string of the molecule is CCCn1c(-c2csc(CCN)n2)nc2cccnc21. The Hall–Kier alpha value is -1.79. The monoisotopic (exact) mass is 287 g/mol. The van der Waals surface area contributed by atoms with Crippen LogP contribution >= 0.6 is 11.3 Å². The van der Waals surface area contributed by atoms with E-state index in [-0.39, 0.29) is 0 Å². The third-order valence-corrected chi connectivity index (χ3v) is 4.00. The lowest BCUT2D eigenvalue weighted by atomic mass is 10.4. The van der Waals surface area contributed by atoms with Gasteiger partial charge in [-0.1, -0.05) is 6.92 Å². The van der Waals surface area contributed by atoms with Gasteiger partial charge in [0.05, 0.1) is 5.01 Å². The van der Waals surface area contributed by atoms with Gasteiger partial charge in [-0.15, -0.1) is 11.3 Å². The van der Waals surface area contributed by atoms with Crippen LogP contribution in [0.25, 0.3) is 22.7 Å². The fraction of sp³-hybridized carbons (Fsp3) is 0.357. The van der Waals surface area contributed by atoms with Gasteiger partial charge in [-0.2, -0.15) is 0 Å². The van der Waals surface area contributed by atoms with Crippen molar-refractivity contribution in [2.45, 2.75) is 26.3 Å². The van der Waals surface area contributed by atoms with Crippen LogP contribution in [0.3, 0.4) is 0 Å². The van der Waals surface area contributed by atoms with Gasteiger partial charge in [-0.25, -0.2) is 15.0 Å². The molecule has 0 unspecified atom stereocenters. The summed E-state index contributed by atoms with van der Waals surface area (Å²) in [6, 6.07) is 3.90. The number of imidazole rings is 1. The molecule has 0 fully saturated rings. The summed E-state index contributed by atoms with van der Waals surface area (Å²) in [7, 11) is 0. The lowest BCUT2D eigenvalue weighted by Gasteiger charge is -2.04. The van der Waals surface area contributed by atoms with Gasteiger partial charge in [0.1, 0.15) is 11.2 Å². The lowest BCUT2D eigenvalue weighted by molar-refractivity contribution is 0.697. The minimum atomic E-state index is 0.625. The second-order valence-electron chi connectivity index (χ2n) is 4.60. The molecule has 3 rings (SSSR count). The molecule has 20 heavy (non-hydrogen) atoms. The first kappa shape index (κ1) is 13.2. The van der Waals surface area contributed by atoms with Gasteiger partial charge in [0.25, 0.3) is 0 Å². The number of nitrogens with two attached hydrogens (primary N) is 1. The normalized spacial score (nSPS) is 11.3. The van der Waals surface area contributed by atoms with Gasteiger partial charge in [-0.3, -0.25) is 0 Å². The Morgan fingerprint density at radius 2 is 2.25 bits per heavy atom. The van der Waals surface area contributed by atoms with Gasteiger partial charge < -0.3 is 10.3 Å². The van der Waals surface area contributed by atoms with Gasteiger partial charge in [0, 0.05) is 24.5 Å². The smallest absolute Gasteiger partial charge is 0.161 e. The predicted octanol–water partition coefficient (Wildman–Crippen LogP) is 2.47. The molecule has 104 valence electrons. The van der Waals surface area contributed by atoms with Crippen LogP contribution in [0.1, 0.15) is 18.4 Å². The maximum atomic E-state index is 5.58. The molecule has 0 bridgehead atoms. The summed E-state index contributed by atoms with van der Waals surface area (Å²) in [6.45, 7) is 3.67. The second kappa shape index (κ2) is 5.68. The molecular weight excluding hydrogens is 270 g/mol. The van der Waals surface area contributed by atoms with Gasteiger partial charge >= 0.3 is 0 Å². The molecule has 2 N–H and O–H groups in total. The van der Waals surface area contributed by atoms with Crippen molar-refractivity contribution in [3.05, 3.63) is 28.7 Å². The zero-order chi connectivity index (χ0) is 13.9. The first-order valence-corrected chi connectivity index (χ1v) is 7.67. The van der Waals surface area contributed by atoms with Crippen LogP contribution in [0, 0.1) is 0 Å². The average molecular weight is 287 g/mol. The van der Waals surface area contributed by atoms with Crippen LogP contribution < -0.4 is 5.73 Å². The third kappa shape index (κ3) is 2.32. The number of aromatic nitrogens is 4. The minimum Gasteiger partial charge on any atom is -0.330 e. The Kier molecular flexibility index (Phi) is 3.75. The van der Waals surface area contributed by atoms with Crippen LogP contribution in [0.4, 0.5) is 0 Å². The number of aryl methyl sites for hydroxylation is 1. The van der Waals surface area contributed by atoms with E-state index in [1.165, 1.54) is 0 Å². The van der Waals surface area contributed by atoms with E-state index in [1.807, 2.05) is 12.1 Å². The molecule has 3 heterocycles. The predicted molar refractivity (Wildman–Crippen MR) is 81.7 cm³/mol. The number of thiazole rings is 1. The fourth-order valence-electron chi connectivity index (χ4n) is 2.24. The summed E-state index contributed by atoms with van der Waals surface area (Å²) in [4.78, 5) is 13.8. The Labute approximate surface area is 121 Å². The number of pyridine rings is 1. The van der Waals surface area contributed by atoms with E-state index in [2.05, 4.69) is 31.8 Å². The highest BCUT2D eigenvalue weighted by atomic mass is 32.1. The van der Waals surface area contributed by atoms with Crippen LogP contribution in [0.5, 0.6) is 0 Å². The molecule has 0 aliphatic rings. The highest BCUT2D eigenvalue weighted by Gasteiger charge is 2.15. The zero-order valence-electron chi connectivity index (χ0n) is 11.4. The van der Waals surface area contributed by atoms with E-state index in [1.54, 1.807) is 17.5 Å². The summed E-state index contributed by atoms with van der Waals surface area (Å²) in [5, 5.41) is 3.11. The van der Waals surface area contributed by atoms with Crippen molar-refractivity contribution >= 4 is 22.5 Å². The fourth-order valence-corrected chi connectivity index (χ4v) is 3.03. The van der Waals surface area contributed by atoms with Gasteiger partial charge in [0.2, 0.25) is 0 Å². The molecule has 5 nitrogen and oxygen atoms in total. The van der Waals surface area contributed by atoms with Gasteiger partial charge in [0.15, 0.2) is 11.5 Å². The molecule has 0 amide bonds. The zero-order valence-corrected chi connectivity index (χ0v) is 12.2. The Bertz CT molecular complexity index is 715. The molecule has 3 aromatic heterocycles. The second-order valence-corrected chi connectivity index (χ2v) is 5.54. The molecule has 0 radical (unpaired) electrons. The first-order chi connectivity index (χ1) is 9.83. The van der Waals surface area contributed by atoms with E-state index in [0.29, 0.717) is 6.54 Å². The van der Waals surface area contributed by atoms with Crippen LogP contribution in [0.2, 0.25) is 0 Å². The van der Waals surface area contributed by atoms with Crippen LogP contribution in [-0.4, -0.2) is 26.1 Å². The van der Waals surface area contributed by atoms with Crippen molar-refractivity contribution in [3.8, 4) is 11.5 Å². The Balaban J connectivity index is 2.11. The lowest BCUT2D eigenvalue weighted by Crippen LogP contribution is -2.03. The maximum absolute atomic E-state index is 5.58. The Morgan fingerprint density at radius 3 is 3.05 bits per heavy atom. The van der Waals surface area contributed by atoms with E-state index in [4.69, 9.17) is 5.73 Å². The summed E-state index contributed by atoms with van der Waals surface area (Å²) >= 11 is 1.64. The molecule has 0 aromatic carbocycles. The summed E-state index contributed by atoms with van der Waals surface area (Å²) < 4.78 is 2.15. The van der Waals surface area contributed by atoms with E-state index >= 15 is 0 Å². The highest BCUT2D eigenvalue weighted by Crippen LogP contribution is 2.25. The van der Waals surface area contributed by atoms with Crippen molar-refractivity contribution in [1.29, 1.82) is 0 Å². The van der Waals surface area contributed by atoms with Gasteiger partial charge in [-0.05, 0) is 25.1 Å². The quantitative estimate of drug-likeness (QED) is 0.782. The minimum absolute atomic E-state index is 0.625. The third-order valence-electron chi connectivity index (χ3n) is 3.09. The number of hydrogen-bond acceptors (Lipinski definition) is 5. The molecule has 0 saturated carbocycles. The molecular formula is C14H17N5S. The molecule has 3 aromatic rings. The number of fused-ring (bicyclic) bond motifs is 1. The Morgan fingerprint density at radius 1 is 1.35 bits per heavy atom. The van der Waals surface area contributed by atoms with Crippen molar-refractivity contribution < 1.29 is 0 Å². The van der Waals surface area contributed by atoms with E-state index in [9.17, 15) is 0 Å². The first-order valence-electron chi connectivity index (χ1n) is 6.79. The van der Waals surface area contributed by atoms with Crippen molar-refractivity contribution in [2.24, 2.45) is 5.73 Å². The molecule has 0 spiro atoms. The highest BCUT2D eigenvalue weighted by molar-refractivity contribution is 7.09. The standard InChI is InChI=1S/C14H17N5S/c1-2-8-19-13-10(4-3-7-16-13)18-14(19)11-9-20-12(17-11)5-6-15/h3-4,7,9H,2,5-6,8,15H2,1H3. The summed E-state index contributed by atoms with van der Waals surface area (Å²) in [5.41, 5.74) is 8.35. The summed E-state index contributed by atoms with van der Waals surface area (Å²) in [5.74, 6) is 0.903. The topological polar surface area (TPSA) is 69.6 Å².